The SMILES string of the molecule is C[C@H](NCC1(C/C(N)=N/O)CC1)c1ccc(Cl)cc1. The van der Waals surface area contributed by atoms with Crippen LogP contribution in [0.2, 0.25) is 5.02 Å². The smallest absolute Gasteiger partial charge is 0.139 e. The molecule has 5 heteroatoms. The van der Waals surface area contributed by atoms with Crippen LogP contribution < -0.4 is 11.1 Å². The number of halogens is 1. The van der Waals surface area contributed by atoms with Gasteiger partial charge in [-0.05, 0) is 42.9 Å². The molecule has 0 amide bonds. The zero-order valence-electron chi connectivity index (χ0n) is 11.1. The minimum atomic E-state index is 0.178. The summed E-state index contributed by atoms with van der Waals surface area (Å²) in [7, 11) is 0. The molecule has 0 saturated heterocycles. The number of hydrogen-bond donors (Lipinski definition) is 3. The Labute approximate surface area is 118 Å². The largest absolute Gasteiger partial charge is 0.409 e. The zero-order valence-corrected chi connectivity index (χ0v) is 11.8. The lowest BCUT2D eigenvalue weighted by molar-refractivity contribution is 0.313. The fourth-order valence-corrected chi connectivity index (χ4v) is 2.38. The Bertz CT molecular complexity index is 454. The molecule has 104 valence electrons. The number of nitrogens with one attached hydrogen (secondary N) is 1. The maximum Gasteiger partial charge on any atom is 0.139 e. The van der Waals surface area contributed by atoms with Crippen molar-refractivity contribution in [2.24, 2.45) is 16.3 Å². The molecular formula is C14H20ClN3O. The quantitative estimate of drug-likeness (QED) is 0.325. The number of oxime groups is 1. The van der Waals surface area contributed by atoms with Crippen molar-refractivity contribution in [2.45, 2.75) is 32.2 Å². The molecule has 1 fully saturated rings. The van der Waals surface area contributed by atoms with Crippen LogP contribution in [-0.4, -0.2) is 17.6 Å². The number of hydrogen-bond acceptors (Lipinski definition) is 3. The normalized spacial score (nSPS) is 19.2. The highest BCUT2D eigenvalue weighted by atomic mass is 35.5. The van der Waals surface area contributed by atoms with Gasteiger partial charge >= 0.3 is 0 Å². The molecule has 1 atom stereocenters. The summed E-state index contributed by atoms with van der Waals surface area (Å²) in [6.07, 6.45) is 2.91. The van der Waals surface area contributed by atoms with Crippen LogP contribution in [0.1, 0.15) is 37.8 Å². The van der Waals surface area contributed by atoms with E-state index in [2.05, 4.69) is 17.4 Å². The molecule has 1 aromatic rings. The predicted octanol–water partition coefficient (Wildman–Crippen LogP) is 2.91. The van der Waals surface area contributed by atoms with Gasteiger partial charge in [0.25, 0.3) is 0 Å². The number of nitrogens with two attached hydrogens (primary N) is 1. The van der Waals surface area contributed by atoms with E-state index < -0.39 is 0 Å². The van der Waals surface area contributed by atoms with Gasteiger partial charge in [0.2, 0.25) is 0 Å². The molecule has 0 radical (unpaired) electrons. The Kier molecular flexibility index (Phi) is 4.32. The van der Waals surface area contributed by atoms with Crippen molar-refractivity contribution in [1.82, 2.24) is 5.32 Å². The van der Waals surface area contributed by atoms with Crippen molar-refractivity contribution < 1.29 is 5.21 Å². The van der Waals surface area contributed by atoms with Gasteiger partial charge in [-0.15, -0.1) is 0 Å². The first kappa shape index (κ1) is 14.2. The van der Waals surface area contributed by atoms with Crippen LogP contribution in [0.3, 0.4) is 0 Å². The summed E-state index contributed by atoms with van der Waals surface area (Å²) >= 11 is 5.88. The van der Waals surface area contributed by atoms with E-state index in [4.69, 9.17) is 22.5 Å². The van der Waals surface area contributed by atoms with Crippen LogP contribution in [0.15, 0.2) is 29.4 Å². The molecule has 0 aliphatic heterocycles. The summed E-state index contributed by atoms with van der Waals surface area (Å²) < 4.78 is 0. The van der Waals surface area contributed by atoms with E-state index in [0.29, 0.717) is 12.3 Å². The third kappa shape index (κ3) is 3.85. The molecule has 0 heterocycles. The third-order valence-electron chi connectivity index (χ3n) is 3.79. The molecule has 1 aliphatic carbocycles. The fourth-order valence-electron chi connectivity index (χ4n) is 2.25. The lowest BCUT2D eigenvalue weighted by Crippen LogP contribution is -2.30. The molecule has 4 N–H and O–H groups in total. The lowest BCUT2D eigenvalue weighted by Gasteiger charge is -2.20. The Morgan fingerprint density at radius 1 is 1.47 bits per heavy atom. The minimum Gasteiger partial charge on any atom is -0.409 e. The van der Waals surface area contributed by atoms with Crippen molar-refractivity contribution in [3.63, 3.8) is 0 Å². The molecule has 1 saturated carbocycles. The van der Waals surface area contributed by atoms with E-state index in [-0.39, 0.29) is 11.5 Å². The average molecular weight is 282 g/mol. The van der Waals surface area contributed by atoms with Crippen LogP contribution in [0.25, 0.3) is 0 Å². The Morgan fingerprint density at radius 2 is 2.11 bits per heavy atom. The first-order valence-electron chi connectivity index (χ1n) is 6.50. The molecule has 0 spiro atoms. The van der Waals surface area contributed by atoms with Gasteiger partial charge in [-0.25, -0.2) is 0 Å². The molecule has 4 nitrogen and oxygen atoms in total. The van der Waals surface area contributed by atoms with Gasteiger partial charge in [0.1, 0.15) is 5.84 Å². The van der Waals surface area contributed by atoms with Crippen LogP contribution in [0, 0.1) is 5.41 Å². The van der Waals surface area contributed by atoms with Crippen molar-refractivity contribution in [1.29, 1.82) is 0 Å². The number of rotatable bonds is 6. The molecule has 0 bridgehead atoms. The summed E-state index contributed by atoms with van der Waals surface area (Å²) in [5.41, 5.74) is 6.98. The second kappa shape index (κ2) is 5.80. The van der Waals surface area contributed by atoms with Gasteiger partial charge in [-0.3, -0.25) is 0 Å². The first-order valence-corrected chi connectivity index (χ1v) is 6.88. The fraction of sp³-hybridized carbons (Fsp3) is 0.500. The molecule has 2 rings (SSSR count). The Morgan fingerprint density at radius 3 is 2.63 bits per heavy atom. The van der Waals surface area contributed by atoms with Crippen molar-refractivity contribution in [3.8, 4) is 0 Å². The van der Waals surface area contributed by atoms with Gasteiger partial charge in [-0.2, -0.15) is 0 Å². The van der Waals surface area contributed by atoms with Gasteiger partial charge in [0, 0.05) is 24.0 Å². The van der Waals surface area contributed by atoms with Gasteiger partial charge < -0.3 is 16.3 Å². The topological polar surface area (TPSA) is 70.6 Å². The number of benzene rings is 1. The highest BCUT2D eigenvalue weighted by Crippen LogP contribution is 2.48. The van der Waals surface area contributed by atoms with E-state index in [1.54, 1.807) is 0 Å². The summed E-state index contributed by atoms with van der Waals surface area (Å²) in [4.78, 5) is 0. The van der Waals surface area contributed by atoms with Gasteiger partial charge in [0.05, 0.1) is 0 Å². The molecule has 1 aliphatic rings. The van der Waals surface area contributed by atoms with E-state index >= 15 is 0 Å². The maximum atomic E-state index is 8.64. The molecule has 0 aromatic heterocycles. The van der Waals surface area contributed by atoms with Crippen LogP contribution in [-0.2, 0) is 0 Å². The number of amidine groups is 1. The van der Waals surface area contributed by atoms with Gasteiger partial charge in [-0.1, -0.05) is 28.9 Å². The van der Waals surface area contributed by atoms with Crippen molar-refractivity contribution >= 4 is 17.4 Å². The van der Waals surface area contributed by atoms with Gasteiger partial charge in [0.15, 0.2) is 0 Å². The van der Waals surface area contributed by atoms with E-state index in [1.807, 2.05) is 24.3 Å². The summed E-state index contributed by atoms with van der Waals surface area (Å²) in [5.74, 6) is 0.318. The van der Waals surface area contributed by atoms with E-state index in [9.17, 15) is 0 Å². The lowest BCUT2D eigenvalue weighted by atomic mass is 10.0. The minimum absolute atomic E-state index is 0.178. The van der Waals surface area contributed by atoms with E-state index in [1.165, 1.54) is 5.56 Å². The van der Waals surface area contributed by atoms with Crippen LogP contribution >= 0.6 is 11.6 Å². The third-order valence-corrected chi connectivity index (χ3v) is 4.05. The van der Waals surface area contributed by atoms with Crippen molar-refractivity contribution in [3.05, 3.63) is 34.9 Å². The molecule has 1 aromatic carbocycles. The highest BCUT2D eigenvalue weighted by molar-refractivity contribution is 6.30. The summed E-state index contributed by atoms with van der Waals surface area (Å²) in [6, 6.07) is 8.13. The Hall–Kier alpha value is -1.26. The van der Waals surface area contributed by atoms with E-state index in [0.717, 1.165) is 24.4 Å². The van der Waals surface area contributed by atoms with Crippen LogP contribution in [0.4, 0.5) is 0 Å². The summed E-state index contributed by atoms with van der Waals surface area (Å²) in [6.45, 7) is 3.01. The second-order valence-electron chi connectivity index (χ2n) is 5.42. The standard InChI is InChI=1S/C14H20ClN3O/c1-10(11-2-4-12(15)5-3-11)17-9-14(6-7-14)8-13(16)18-19/h2-5,10,17,19H,6-9H2,1H3,(H2,16,18)/t10-/m0/s1. The Balaban J connectivity index is 1.87. The summed E-state index contributed by atoms with van der Waals surface area (Å²) in [5, 5.41) is 16.0. The molecule has 19 heavy (non-hydrogen) atoms. The molecular weight excluding hydrogens is 262 g/mol. The van der Waals surface area contributed by atoms with Crippen molar-refractivity contribution in [2.75, 3.05) is 6.54 Å². The first-order chi connectivity index (χ1) is 9.04. The highest BCUT2D eigenvalue weighted by Gasteiger charge is 2.43. The second-order valence-corrected chi connectivity index (χ2v) is 5.86. The number of nitrogens with zero attached hydrogens (tertiary/aromatic N) is 1. The van der Waals surface area contributed by atoms with Crippen LogP contribution in [0.5, 0.6) is 0 Å². The average Bonchev–Trinajstić information content (AvgIpc) is 3.17. The zero-order chi connectivity index (χ0) is 13.9. The predicted molar refractivity (Wildman–Crippen MR) is 77.6 cm³/mol. The monoisotopic (exact) mass is 281 g/mol. The maximum absolute atomic E-state index is 8.64. The molecule has 0 unspecified atom stereocenters.